The van der Waals surface area contributed by atoms with Crippen LogP contribution in [0.1, 0.15) is 28.7 Å². The van der Waals surface area contributed by atoms with E-state index in [4.69, 9.17) is 0 Å². The zero-order valence-corrected chi connectivity index (χ0v) is 11.8. The van der Waals surface area contributed by atoms with Crippen molar-refractivity contribution in [3.63, 3.8) is 0 Å². The van der Waals surface area contributed by atoms with Gasteiger partial charge in [0.15, 0.2) is 0 Å². The third-order valence-corrected chi connectivity index (χ3v) is 3.20. The Kier molecular flexibility index (Phi) is 4.39. The summed E-state index contributed by atoms with van der Waals surface area (Å²) in [5, 5.41) is 0. The van der Waals surface area contributed by atoms with Gasteiger partial charge in [-0.25, -0.2) is 13.2 Å². The normalized spacial score (nSPS) is 11.8. The minimum absolute atomic E-state index is 0.0950. The minimum atomic E-state index is -4.06. The predicted octanol–water partition coefficient (Wildman–Crippen LogP) is 5.51. The smallest absolute Gasteiger partial charge is 0.429 e. The molecule has 0 saturated heterocycles. The minimum Gasteiger partial charge on any atom is -0.429 e. The monoisotopic (exact) mass is 316 g/mol. The molecular formula is C16H13F5O. The van der Waals surface area contributed by atoms with Gasteiger partial charge in [0.05, 0.1) is 5.56 Å². The summed E-state index contributed by atoms with van der Waals surface area (Å²) < 4.78 is 72.2. The van der Waals surface area contributed by atoms with Crippen LogP contribution >= 0.6 is 0 Å². The average Bonchev–Trinajstić information content (AvgIpc) is 2.40. The lowest BCUT2D eigenvalue weighted by Gasteiger charge is -2.20. The first-order chi connectivity index (χ1) is 10.2. The van der Waals surface area contributed by atoms with E-state index in [1.54, 1.807) is 19.1 Å². The van der Waals surface area contributed by atoms with Crippen LogP contribution in [0.2, 0.25) is 0 Å². The summed E-state index contributed by atoms with van der Waals surface area (Å²) in [5.41, 5.74) is -1.52. The highest BCUT2D eigenvalue weighted by Crippen LogP contribution is 2.37. The molecule has 0 aromatic heterocycles. The zero-order valence-electron chi connectivity index (χ0n) is 11.8. The molecule has 0 fully saturated rings. The molecule has 2 rings (SSSR count). The van der Waals surface area contributed by atoms with Crippen molar-refractivity contribution in [3.05, 3.63) is 64.5 Å². The molecule has 2 aromatic rings. The molecule has 22 heavy (non-hydrogen) atoms. The van der Waals surface area contributed by atoms with Gasteiger partial charge < -0.3 is 4.74 Å². The fraction of sp³-hybridized carbons (Fsp3) is 0.250. The van der Waals surface area contributed by atoms with Crippen molar-refractivity contribution in [2.45, 2.75) is 26.4 Å². The largest absolute Gasteiger partial charge is 0.429 e. The molecule has 0 saturated carbocycles. The maximum atomic E-state index is 14.1. The van der Waals surface area contributed by atoms with Crippen LogP contribution in [0, 0.1) is 19.7 Å². The van der Waals surface area contributed by atoms with Gasteiger partial charge in [-0.3, -0.25) is 0 Å². The van der Waals surface area contributed by atoms with E-state index in [-0.39, 0.29) is 11.3 Å². The second kappa shape index (κ2) is 5.94. The Bertz CT molecular complexity index is 665. The lowest BCUT2D eigenvalue weighted by molar-refractivity contribution is -0.187. The van der Waals surface area contributed by atoms with Crippen LogP contribution in [0.25, 0.3) is 0 Å². The molecule has 0 atom stereocenters. The Balaban J connectivity index is 2.41. The molecule has 118 valence electrons. The first-order valence-electron chi connectivity index (χ1n) is 6.43. The van der Waals surface area contributed by atoms with Crippen molar-refractivity contribution in [2.75, 3.05) is 0 Å². The maximum absolute atomic E-state index is 14.1. The Morgan fingerprint density at radius 2 is 1.55 bits per heavy atom. The van der Waals surface area contributed by atoms with E-state index in [0.717, 1.165) is 17.7 Å². The highest BCUT2D eigenvalue weighted by Gasteiger charge is 2.39. The molecule has 0 amide bonds. The van der Waals surface area contributed by atoms with Crippen molar-refractivity contribution >= 4 is 0 Å². The zero-order chi connectivity index (χ0) is 16.5. The third-order valence-electron chi connectivity index (χ3n) is 3.20. The molecule has 0 aliphatic rings. The average molecular weight is 316 g/mol. The van der Waals surface area contributed by atoms with Crippen LogP contribution in [0.4, 0.5) is 22.0 Å². The molecule has 0 aliphatic carbocycles. The number of benzene rings is 2. The number of hydrogen-bond acceptors (Lipinski definition) is 1. The van der Waals surface area contributed by atoms with Crippen LogP contribution in [0.15, 0.2) is 36.4 Å². The predicted molar refractivity (Wildman–Crippen MR) is 71.8 cm³/mol. The molecule has 0 bridgehead atoms. The summed E-state index contributed by atoms with van der Waals surface area (Å²) in [6.07, 6.45) is -7.24. The van der Waals surface area contributed by atoms with Crippen molar-refractivity contribution < 1.29 is 26.7 Å². The number of rotatable bonds is 4. The van der Waals surface area contributed by atoms with E-state index >= 15 is 0 Å². The SMILES string of the molecule is Cc1ccc(OC(F)(F)c2ccc(C)c(C(F)F)c2F)cc1. The Morgan fingerprint density at radius 3 is 2.09 bits per heavy atom. The standard InChI is InChI=1S/C16H13F5O/c1-9-3-6-11(7-4-9)22-16(20,21)12-8-5-10(2)13(14(12)17)15(18)19/h3-8,15H,1-2H3. The maximum Gasteiger partial charge on any atom is 0.429 e. The van der Waals surface area contributed by atoms with Crippen molar-refractivity contribution in [1.82, 2.24) is 0 Å². The van der Waals surface area contributed by atoms with Crippen LogP contribution in [0.3, 0.4) is 0 Å². The fourth-order valence-electron chi connectivity index (χ4n) is 1.99. The lowest BCUT2D eigenvalue weighted by Crippen LogP contribution is -2.24. The van der Waals surface area contributed by atoms with Gasteiger partial charge in [-0.05, 0) is 37.6 Å². The van der Waals surface area contributed by atoms with Crippen LogP contribution in [-0.2, 0) is 6.11 Å². The van der Waals surface area contributed by atoms with Crippen molar-refractivity contribution in [2.24, 2.45) is 0 Å². The number of aryl methyl sites for hydroxylation is 2. The van der Waals surface area contributed by atoms with Crippen LogP contribution in [0.5, 0.6) is 5.75 Å². The molecule has 0 N–H and O–H groups in total. The molecule has 0 unspecified atom stereocenters. The summed E-state index contributed by atoms with van der Waals surface area (Å²) >= 11 is 0. The summed E-state index contributed by atoms with van der Waals surface area (Å²) in [7, 11) is 0. The topological polar surface area (TPSA) is 9.23 Å². The van der Waals surface area contributed by atoms with Crippen LogP contribution in [-0.4, -0.2) is 0 Å². The Labute approximate surface area is 124 Å². The van der Waals surface area contributed by atoms with Gasteiger partial charge >= 0.3 is 6.11 Å². The second-order valence-electron chi connectivity index (χ2n) is 4.89. The van der Waals surface area contributed by atoms with Gasteiger partial charge in [0.1, 0.15) is 17.1 Å². The van der Waals surface area contributed by atoms with E-state index in [1.165, 1.54) is 19.1 Å². The molecule has 0 radical (unpaired) electrons. The van der Waals surface area contributed by atoms with E-state index in [1.807, 2.05) is 0 Å². The highest BCUT2D eigenvalue weighted by molar-refractivity contribution is 5.36. The molecular weight excluding hydrogens is 303 g/mol. The van der Waals surface area contributed by atoms with Gasteiger partial charge in [0.25, 0.3) is 6.43 Å². The second-order valence-corrected chi connectivity index (χ2v) is 4.89. The summed E-state index contributed by atoms with van der Waals surface area (Å²) in [5.74, 6) is -1.83. The van der Waals surface area contributed by atoms with Gasteiger partial charge in [0.2, 0.25) is 0 Å². The molecule has 0 spiro atoms. The van der Waals surface area contributed by atoms with Crippen molar-refractivity contribution in [3.8, 4) is 5.75 Å². The van der Waals surface area contributed by atoms with Crippen LogP contribution < -0.4 is 4.74 Å². The summed E-state index contributed by atoms with van der Waals surface area (Å²) in [4.78, 5) is 0. The van der Waals surface area contributed by atoms with E-state index in [2.05, 4.69) is 4.74 Å². The van der Waals surface area contributed by atoms with Gasteiger partial charge in [0, 0.05) is 0 Å². The Hall–Kier alpha value is -2.11. The molecule has 0 heterocycles. The van der Waals surface area contributed by atoms with E-state index in [0.29, 0.717) is 0 Å². The number of alkyl halides is 4. The first-order valence-corrected chi connectivity index (χ1v) is 6.43. The molecule has 6 heteroatoms. The third kappa shape index (κ3) is 3.21. The quantitative estimate of drug-likeness (QED) is 0.676. The highest BCUT2D eigenvalue weighted by atomic mass is 19.3. The van der Waals surface area contributed by atoms with E-state index in [9.17, 15) is 22.0 Å². The fourth-order valence-corrected chi connectivity index (χ4v) is 1.99. The summed E-state index contributed by atoms with van der Waals surface area (Å²) in [6.45, 7) is 2.99. The van der Waals surface area contributed by atoms with E-state index < -0.39 is 29.5 Å². The first kappa shape index (κ1) is 16.3. The van der Waals surface area contributed by atoms with Gasteiger partial charge in [-0.2, -0.15) is 8.78 Å². The molecule has 0 aliphatic heterocycles. The number of halogens is 5. The number of ether oxygens (including phenoxy) is 1. The molecule has 1 nitrogen and oxygen atoms in total. The molecule has 2 aromatic carbocycles. The number of hydrogen-bond donors (Lipinski definition) is 0. The Morgan fingerprint density at radius 1 is 0.955 bits per heavy atom. The van der Waals surface area contributed by atoms with Gasteiger partial charge in [-0.15, -0.1) is 0 Å². The summed E-state index contributed by atoms with van der Waals surface area (Å²) in [6, 6.07) is 7.45. The lowest BCUT2D eigenvalue weighted by atomic mass is 10.0. The van der Waals surface area contributed by atoms with Gasteiger partial charge in [-0.1, -0.05) is 23.8 Å². The van der Waals surface area contributed by atoms with Crippen molar-refractivity contribution in [1.29, 1.82) is 0 Å².